The molecule has 0 radical (unpaired) electrons. The minimum Gasteiger partial charge on any atom is -0.474 e. The minimum absolute atomic E-state index is 0.0228. The third-order valence-electron chi connectivity index (χ3n) is 8.27. The van der Waals surface area contributed by atoms with Gasteiger partial charge in [-0.05, 0) is 49.1 Å². The largest absolute Gasteiger partial charge is 0.507 e. The second-order valence-electron chi connectivity index (χ2n) is 11.3. The topological polar surface area (TPSA) is 109 Å². The average Bonchev–Trinajstić information content (AvgIpc) is 3.50. The molecule has 0 aliphatic carbocycles. The number of carbonyl (C=O) groups excluding carboxylic acids is 2. The van der Waals surface area contributed by atoms with E-state index in [-0.39, 0.29) is 67.8 Å². The first-order valence-electron chi connectivity index (χ1n) is 14.7. The summed E-state index contributed by atoms with van der Waals surface area (Å²) in [7, 11) is 0. The number of aromatic nitrogens is 1. The number of carboxylic acid groups (broad SMARTS) is 1. The Kier molecular flexibility index (Phi) is 9.63. The van der Waals surface area contributed by atoms with E-state index in [1.807, 2.05) is 0 Å². The van der Waals surface area contributed by atoms with Crippen LogP contribution in [0.5, 0.6) is 5.75 Å². The highest BCUT2D eigenvalue weighted by Crippen LogP contribution is 2.44. The first-order valence-corrected chi connectivity index (χ1v) is 15.6. The molecule has 2 amide bonds. The van der Waals surface area contributed by atoms with Crippen LogP contribution >= 0.6 is 11.3 Å². The number of likely N-dealkylation sites (tertiary alicyclic amines) is 1. The molecule has 1 N–H and O–H groups in total. The van der Waals surface area contributed by atoms with Crippen molar-refractivity contribution in [3.63, 3.8) is 0 Å². The maximum atomic E-state index is 14.9. The monoisotopic (exact) mass is 703 g/mol. The fraction of sp³-hybridized carbons (Fsp3) is 0.419. The average molecular weight is 704 g/mol. The molecule has 9 nitrogen and oxygen atoms in total. The number of rotatable bonds is 7. The van der Waals surface area contributed by atoms with Gasteiger partial charge in [-0.15, -0.1) is 11.3 Å². The summed E-state index contributed by atoms with van der Waals surface area (Å²) < 4.78 is 108. The van der Waals surface area contributed by atoms with E-state index in [2.05, 4.69) is 4.98 Å². The summed E-state index contributed by atoms with van der Waals surface area (Å²) in [4.78, 5) is 45.3. The zero-order valence-corrected chi connectivity index (χ0v) is 25.9. The summed E-state index contributed by atoms with van der Waals surface area (Å²) in [5.41, 5.74) is -4.02. The van der Waals surface area contributed by atoms with E-state index < -0.39 is 70.1 Å². The summed E-state index contributed by atoms with van der Waals surface area (Å²) in [6.07, 6.45) is -12.2. The predicted octanol–water partition coefficient (Wildman–Crippen LogP) is 7.32. The van der Waals surface area contributed by atoms with Crippen molar-refractivity contribution >= 4 is 29.3 Å². The second-order valence-corrected chi connectivity index (χ2v) is 12.2. The summed E-state index contributed by atoms with van der Waals surface area (Å²) in [5, 5.41) is 10.6. The molecule has 2 aliphatic rings. The van der Waals surface area contributed by atoms with Gasteiger partial charge in [-0.2, -0.15) is 26.3 Å². The van der Waals surface area contributed by atoms with Crippen molar-refractivity contribution in [3.05, 3.63) is 81.1 Å². The van der Waals surface area contributed by atoms with Crippen LogP contribution in [0, 0.1) is 5.82 Å². The lowest BCUT2D eigenvalue weighted by atomic mass is 9.79. The van der Waals surface area contributed by atoms with E-state index in [4.69, 9.17) is 9.47 Å². The van der Waals surface area contributed by atoms with Gasteiger partial charge in [0, 0.05) is 42.7 Å². The standard InChI is InChI=1S/C31H28F7N3O6S/c1-2-5-22-29(47-19-15-23(48-16-19)31(36,37)38,10-4-12-40(22)25(42)24-21(30(33,34)35)6-3-11-39-24)27(43)41-13-9-17-14-18(32)7-8-20(17)26(41)46-28(44)45/h3,6-8,11,14-16,22,26H,2,4-5,9-10,12-13H2,1H3,(H,44,45)/t22-,26?,29+/m1/s1. The second kappa shape index (κ2) is 13.2. The lowest BCUT2D eigenvalue weighted by molar-refractivity contribution is -0.171. The number of nitrogens with zero attached hydrogens (tertiary/aromatic N) is 3. The van der Waals surface area contributed by atoms with Crippen LogP contribution in [0.25, 0.3) is 0 Å². The normalized spacial score (nSPS) is 21.4. The summed E-state index contributed by atoms with van der Waals surface area (Å²) in [5.74, 6) is -3.17. The molecule has 5 rings (SSSR count). The maximum Gasteiger partial charge on any atom is 0.507 e. The zero-order chi connectivity index (χ0) is 35.0. The van der Waals surface area contributed by atoms with E-state index in [1.165, 1.54) is 6.07 Å². The molecule has 258 valence electrons. The van der Waals surface area contributed by atoms with E-state index in [0.717, 1.165) is 39.6 Å². The van der Waals surface area contributed by atoms with Crippen molar-refractivity contribution in [3.8, 4) is 5.75 Å². The smallest absolute Gasteiger partial charge is 0.474 e. The molecule has 0 spiro atoms. The van der Waals surface area contributed by atoms with Gasteiger partial charge >= 0.3 is 18.5 Å². The fourth-order valence-corrected chi connectivity index (χ4v) is 6.98. The quantitative estimate of drug-likeness (QED) is 0.203. The number of benzene rings is 1. The Hall–Kier alpha value is -4.41. The number of alkyl halides is 6. The van der Waals surface area contributed by atoms with Crippen molar-refractivity contribution in [1.82, 2.24) is 14.8 Å². The number of hydrogen-bond acceptors (Lipinski definition) is 7. The van der Waals surface area contributed by atoms with Crippen molar-refractivity contribution in [1.29, 1.82) is 0 Å². The number of thiophene rings is 1. The number of ether oxygens (including phenoxy) is 2. The van der Waals surface area contributed by atoms with Crippen LogP contribution in [-0.2, 0) is 28.3 Å². The van der Waals surface area contributed by atoms with Gasteiger partial charge in [-0.25, -0.2) is 9.18 Å². The molecule has 0 bridgehead atoms. The van der Waals surface area contributed by atoms with Crippen LogP contribution in [-0.4, -0.2) is 62.6 Å². The van der Waals surface area contributed by atoms with Gasteiger partial charge in [0.1, 0.15) is 22.1 Å². The van der Waals surface area contributed by atoms with Crippen molar-refractivity contribution in [2.45, 2.75) is 69.3 Å². The molecule has 2 aliphatic heterocycles. The molecule has 1 fully saturated rings. The molecule has 1 aromatic carbocycles. The number of pyridine rings is 1. The number of piperidine rings is 1. The predicted molar refractivity (Wildman–Crippen MR) is 155 cm³/mol. The first-order chi connectivity index (χ1) is 22.6. The van der Waals surface area contributed by atoms with Gasteiger partial charge < -0.3 is 19.5 Å². The number of halogens is 7. The Morgan fingerprint density at radius 2 is 1.81 bits per heavy atom. The van der Waals surface area contributed by atoms with E-state index in [9.17, 15) is 50.2 Å². The lowest BCUT2D eigenvalue weighted by Crippen LogP contribution is -2.68. The molecule has 2 aromatic heterocycles. The van der Waals surface area contributed by atoms with Crippen LogP contribution in [0.3, 0.4) is 0 Å². The molecule has 1 unspecified atom stereocenters. The Labute approximate surface area is 272 Å². The molecule has 3 atom stereocenters. The lowest BCUT2D eigenvalue weighted by Gasteiger charge is -2.51. The van der Waals surface area contributed by atoms with E-state index in [0.29, 0.717) is 17.7 Å². The zero-order valence-electron chi connectivity index (χ0n) is 25.1. The first kappa shape index (κ1) is 34.9. The van der Waals surface area contributed by atoms with Crippen LogP contribution in [0.1, 0.15) is 70.9 Å². The van der Waals surface area contributed by atoms with Gasteiger partial charge in [0.15, 0.2) is 0 Å². The highest BCUT2D eigenvalue weighted by Gasteiger charge is 2.57. The Morgan fingerprint density at radius 3 is 2.46 bits per heavy atom. The van der Waals surface area contributed by atoms with Crippen molar-refractivity contribution in [2.24, 2.45) is 0 Å². The minimum atomic E-state index is -4.97. The van der Waals surface area contributed by atoms with Gasteiger partial charge in [0.25, 0.3) is 11.8 Å². The van der Waals surface area contributed by atoms with Gasteiger partial charge in [0.2, 0.25) is 11.8 Å². The Balaban J connectivity index is 1.65. The molecule has 0 saturated carbocycles. The molecule has 17 heteroatoms. The van der Waals surface area contributed by atoms with Crippen LogP contribution < -0.4 is 4.74 Å². The fourth-order valence-electron chi connectivity index (χ4n) is 6.31. The van der Waals surface area contributed by atoms with Gasteiger partial charge in [-0.1, -0.05) is 19.4 Å². The van der Waals surface area contributed by atoms with Crippen molar-refractivity contribution in [2.75, 3.05) is 13.1 Å². The number of fused-ring (bicyclic) bond motifs is 1. The number of amides is 2. The molecule has 1 saturated heterocycles. The summed E-state index contributed by atoms with van der Waals surface area (Å²) in [6, 6.07) is 4.43. The highest BCUT2D eigenvalue weighted by molar-refractivity contribution is 7.10. The third kappa shape index (κ3) is 6.77. The Morgan fingerprint density at radius 1 is 1.06 bits per heavy atom. The van der Waals surface area contributed by atoms with E-state index in [1.54, 1.807) is 6.92 Å². The Bertz CT molecular complexity index is 1700. The molecule has 3 aromatic rings. The maximum absolute atomic E-state index is 14.9. The van der Waals surface area contributed by atoms with Gasteiger partial charge in [-0.3, -0.25) is 19.5 Å². The summed E-state index contributed by atoms with van der Waals surface area (Å²) >= 11 is 0.287. The van der Waals surface area contributed by atoms with Crippen LogP contribution in [0.4, 0.5) is 35.5 Å². The molecule has 48 heavy (non-hydrogen) atoms. The van der Waals surface area contributed by atoms with Gasteiger partial charge in [0.05, 0.1) is 11.6 Å². The van der Waals surface area contributed by atoms with Crippen LogP contribution in [0.15, 0.2) is 48.0 Å². The third-order valence-corrected chi connectivity index (χ3v) is 9.22. The van der Waals surface area contributed by atoms with Crippen LogP contribution in [0.2, 0.25) is 0 Å². The SMILES string of the molecule is CCC[C@H]1N(C(=O)c2ncccc2C(F)(F)F)CCC[C@@]1(Oc1csc(C(F)(F)F)c1)C(=O)N1CCc2cc(F)ccc2C1OC(=O)O. The number of carbonyl (C=O) groups is 3. The summed E-state index contributed by atoms with van der Waals surface area (Å²) in [6.45, 7) is 1.27. The highest BCUT2D eigenvalue weighted by atomic mass is 32.1. The van der Waals surface area contributed by atoms with Crippen molar-refractivity contribution < 1.29 is 59.7 Å². The molecular weight excluding hydrogens is 675 g/mol. The molecular formula is C31H28F7N3O6S. The van der Waals surface area contributed by atoms with E-state index >= 15 is 0 Å². The number of hydrogen-bond donors (Lipinski definition) is 1. The molecule has 4 heterocycles.